The minimum Gasteiger partial charge on any atom is -0.497 e. The zero-order chi connectivity index (χ0) is 20.0. The molecule has 0 radical (unpaired) electrons. The van der Waals surface area contributed by atoms with Crippen molar-refractivity contribution in [3.05, 3.63) is 82.4 Å². The molecule has 2 aliphatic rings. The Morgan fingerprint density at radius 3 is 2.69 bits per heavy atom. The van der Waals surface area contributed by atoms with Gasteiger partial charge in [-0.25, -0.2) is 0 Å². The number of aromatic nitrogens is 2. The van der Waals surface area contributed by atoms with Crippen LogP contribution in [-0.4, -0.2) is 23.0 Å². The van der Waals surface area contributed by atoms with Gasteiger partial charge in [0.25, 0.3) is 0 Å². The monoisotopic (exact) mass is 387 g/mol. The largest absolute Gasteiger partial charge is 0.497 e. The molecule has 3 heterocycles. The van der Waals surface area contributed by atoms with E-state index in [2.05, 4.69) is 15.5 Å². The average Bonchev–Trinajstić information content (AvgIpc) is 3.13. The number of nitrogens with zero attached hydrogens (tertiary/aromatic N) is 2. The van der Waals surface area contributed by atoms with Crippen LogP contribution in [0.4, 0.5) is 5.88 Å². The van der Waals surface area contributed by atoms with Gasteiger partial charge in [-0.3, -0.25) is 9.78 Å². The van der Waals surface area contributed by atoms with Crippen molar-refractivity contribution in [1.29, 1.82) is 0 Å². The normalized spacial score (nSPS) is 20.7. The number of pyridine rings is 1. The minimum absolute atomic E-state index is 0.111. The van der Waals surface area contributed by atoms with Crippen LogP contribution in [-0.2, 0) is 4.79 Å². The van der Waals surface area contributed by atoms with Crippen LogP contribution < -0.4 is 10.1 Å². The number of aryl methyl sites for hydroxylation is 1. The smallest absolute Gasteiger partial charge is 0.233 e. The first kappa shape index (κ1) is 17.7. The Kier molecular flexibility index (Phi) is 4.19. The lowest BCUT2D eigenvalue weighted by Crippen LogP contribution is -2.29. The molecule has 146 valence electrons. The van der Waals surface area contributed by atoms with Crippen molar-refractivity contribution in [2.75, 3.05) is 12.4 Å². The summed E-state index contributed by atoms with van der Waals surface area (Å²) in [6.07, 6.45) is 4.77. The molecule has 3 aromatic rings. The summed E-state index contributed by atoms with van der Waals surface area (Å²) in [4.78, 5) is 17.6. The van der Waals surface area contributed by atoms with Gasteiger partial charge >= 0.3 is 0 Å². The van der Waals surface area contributed by atoms with Gasteiger partial charge in [-0.15, -0.1) is 0 Å². The van der Waals surface area contributed by atoms with Crippen molar-refractivity contribution in [3.63, 3.8) is 0 Å². The van der Waals surface area contributed by atoms with Crippen LogP contribution in [0.25, 0.3) is 0 Å². The number of benzene rings is 1. The fourth-order valence-electron chi connectivity index (χ4n) is 4.46. The molecule has 0 spiro atoms. The summed E-state index contributed by atoms with van der Waals surface area (Å²) in [6, 6.07) is 11.9. The van der Waals surface area contributed by atoms with Crippen molar-refractivity contribution in [1.82, 2.24) is 10.1 Å². The van der Waals surface area contributed by atoms with Gasteiger partial charge in [0.2, 0.25) is 5.88 Å². The maximum absolute atomic E-state index is 13.4. The van der Waals surface area contributed by atoms with Crippen LogP contribution in [0.2, 0.25) is 0 Å². The summed E-state index contributed by atoms with van der Waals surface area (Å²) >= 11 is 0. The Balaban J connectivity index is 1.57. The number of carbonyl (C=O) groups excluding carboxylic acids is 1. The Labute approximate surface area is 168 Å². The summed E-state index contributed by atoms with van der Waals surface area (Å²) in [5.74, 6) is 1.49. The molecule has 1 N–H and O–H groups in total. The Hall–Kier alpha value is -3.41. The second-order valence-electron chi connectivity index (χ2n) is 7.55. The second kappa shape index (κ2) is 6.88. The highest BCUT2D eigenvalue weighted by Gasteiger charge is 2.41. The van der Waals surface area contributed by atoms with Gasteiger partial charge in [0, 0.05) is 36.0 Å². The topological polar surface area (TPSA) is 77.2 Å². The molecule has 1 aliphatic heterocycles. The van der Waals surface area contributed by atoms with Crippen LogP contribution in [0.15, 0.2) is 64.6 Å². The lowest BCUT2D eigenvalue weighted by atomic mass is 9.72. The molecule has 2 aromatic heterocycles. The first-order valence-corrected chi connectivity index (χ1v) is 9.69. The molecule has 6 heteroatoms. The summed E-state index contributed by atoms with van der Waals surface area (Å²) in [7, 11) is 1.65. The van der Waals surface area contributed by atoms with Crippen LogP contribution in [0.5, 0.6) is 5.75 Å². The Morgan fingerprint density at radius 2 is 1.97 bits per heavy atom. The minimum atomic E-state index is -0.203. The number of methoxy groups -OCH3 is 1. The molecular formula is C23H21N3O3. The van der Waals surface area contributed by atoms with Gasteiger partial charge in [-0.1, -0.05) is 23.4 Å². The standard InChI is InChI=1S/C23H21N3O3/c1-13-20-21(15-4-3-9-24-12-15)22-18(25-23(20)29-26-13)10-16(11-19(22)27)14-5-7-17(28-2)8-6-14/h3-9,12,16,21,25H,10-11H2,1-2H3. The van der Waals surface area contributed by atoms with Gasteiger partial charge in [0.15, 0.2) is 5.78 Å². The van der Waals surface area contributed by atoms with Crippen molar-refractivity contribution >= 4 is 11.7 Å². The number of ketones is 1. The van der Waals surface area contributed by atoms with E-state index in [1.165, 1.54) is 0 Å². The summed E-state index contributed by atoms with van der Waals surface area (Å²) in [5.41, 5.74) is 5.54. The summed E-state index contributed by atoms with van der Waals surface area (Å²) in [6.45, 7) is 1.91. The highest BCUT2D eigenvalue weighted by atomic mass is 16.5. The quantitative estimate of drug-likeness (QED) is 0.720. The number of anilines is 1. The predicted molar refractivity (Wildman–Crippen MR) is 108 cm³/mol. The number of carbonyl (C=O) groups is 1. The lowest BCUT2D eigenvalue weighted by molar-refractivity contribution is -0.116. The number of hydrogen-bond acceptors (Lipinski definition) is 6. The number of hydrogen-bond donors (Lipinski definition) is 1. The van der Waals surface area contributed by atoms with E-state index in [-0.39, 0.29) is 17.6 Å². The van der Waals surface area contributed by atoms with Gasteiger partial charge in [0.1, 0.15) is 5.75 Å². The van der Waals surface area contributed by atoms with E-state index < -0.39 is 0 Å². The molecular weight excluding hydrogens is 366 g/mol. The fourth-order valence-corrected chi connectivity index (χ4v) is 4.46. The van der Waals surface area contributed by atoms with Crippen molar-refractivity contribution in [2.24, 2.45) is 0 Å². The van der Waals surface area contributed by atoms with E-state index in [0.29, 0.717) is 12.3 Å². The zero-order valence-corrected chi connectivity index (χ0v) is 16.3. The lowest BCUT2D eigenvalue weighted by Gasteiger charge is -2.34. The van der Waals surface area contributed by atoms with E-state index in [1.54, 1.807) is 13.3 Å². The van der Waals surface area contributed by atoms with Crippen LogP contribution >= 0.6 is 0 Å². The van der Waals surface area contributed by atoms with E-state index in [0.717, 1.165) is 45.8 Å². The van der Waals surface area contributed by atoms with Crippen LogP contribution in [0, 0.1) is 6.92 Å². The third-order valence-electron chi connectivity index (χ3n) is 5.86. The SMILES string of the molecule is COc1ccc(C2CC(=O)C3=C(C2)Nc2onc(C)c2C3c2cccnc2)cc1. The van der Waals surface area contributed by atoms with Gasteiger partial charge in [0.05, 0.1) is 18.4 Å². The third-order valence-corrected chi connectivity index (χ3v) is 5.86. The van der Waals surface area contributed by atoms with Crippen LogP contribution in [0.1, 0.15) is 47.1 Å². The van der Waals surface area contributed by atoms with E-state index in [4.69, 9.17) is 9.26 Å². The van der Waals surface area contributed by atoms with Crippen molar-refractivity contribution in [2.45, 2.75) is 31.6 Å². The van der Waals surface area contributed by atoms with E-state index in [1.807, 2.05) is 49.5 Å². The zero-order valence-electron chi connectivity index (χ0n) is 16.3. The number of rotatable bonds is 3. The fraction of sp³-hybridized carbons (Fsp3) is 0.261. The first-order chi connectivity index (χ1) is 14.2. The van der Waals surface area contributed by atoms with Gasteiger partial charge < -0.3 is 14.6 Å². The van der Waals surface area contributed by atoms with Gasteiger partial charge in [-0.2, -0.15) is 0 Å². The highest BCUT2D eigenvalue weighted by Crippen LogP contribution is 2.48. The van der Waals surface area contributed by atoms with E-state index in [9.17, 15) is 4.79 Å². The van der Waals surface area contributed by atoms with Crippen molar-refractivity contribution < 1.29 is 14.1 Å². The predicted octanol–water partition coefficient (Wildman–Crippen LogP) is 4.34. The molecule has 29 heavy (non-hydrogen) atoms. The number of allylic oxidation sites excluding steroid dienone is 2. The molecule has 6 nitrogen and oxygen atoms in total. The molecule has 0 amide bonds. The molecule has 1 aromatic carbocycles. The number of ether oxygens (including phenoxy) is 1. The number of Topliss-reactive ketones (excluding diaryl/α,β-unsaturated/α-hetero) is 1. The van der Waals surface area contributed by atoms with Crippen LogP contribution in [0.3, 0.4) is 0 Å². The Bertz CT molecular complexity index is 1100. The van der Waals surface area contributed by atoms with E-state index >= 15 is 0 Å². The Morgan fingerprint density at radius 1 is 1.14 bits per heavy atom. The molecule has 2 unspecified atom stereocenters. The molecule has 0 fully saturated rings. The maximum Gasteiger partial charge on any atom is 0.233 e. The molecule has 0 bridgehead atoms. The first-order valence-electron chi connectivity index (χ1n) is 9.69. The number of nitrogens with one attached hydrogen (secondary N) is 1. The molecule has 1 aliphatic carbocycles. The summed E-state index contributed by atoms with van der Waals surface area (Å²) < 4.78 is 10.8. The maximum atomic E-state index is 13.4. The average molecular weight is 387 g/mol. The molecule has 2 atom stereocenters. The highest BCUT2D eigenvalue weighted by molar-refractivity contribution is 6.01. The molecule has 0 saturated heterocycles. The molecule has 0 saturated carbocycles. The van der Waals surface area contributed by atoms with Gasteiger partial charge in [-0.05, 0) is 48.6 Å². The number of fused-ring (bicyclic) bond motifs is 1. The molecule has 5 rings (SSSR count). The summed E-state index contributed by atoms with van der Waals surface area (Å²) in [5, 5.41) is 7.50. The van der Waals surface area contributed by atoms with Crippen molar-refractivity contribution in [3.8, 4) is 5.75 Å². The third kappa shape index (κ3) is 2.92. The second-order valence-corrected chi connectivity index (χ2v) is 7.55.